The second-order valence-electron chi connectivity index (χ2n) is 8.14. The summed E-state index contributed by atoms with van der Waals surface area (Å²) in [4.78, 5) is 0. The van der Waals surface area contributed by atoms with Gasteiger partial charge in [-0.05, 0) is 34.7 Å². The predicted octanol–water partition coefficient (Wildman–Crippen LogP) is 3.84. The molecular formula is C23H19ClF3N9O2. The first-order chi connectivity index (χ1) is 18.4. The number of benzene rings is 1. The van der Waals surface area contributed by atoms with Gasteiger partial charge in [0.15, 0.2) is 12.0 Å². The number of halogens is 4. The Morgan fingerprint density at radius 3 is 2.66 bits per heavy atom. The maximum atomic E-state index is 15.2. The van der Waals surface area contributed by atoms with Crippen molar-refractivity contribution in [1.29, 1.82) is 0 Å². The molecule has 1 aromatic carbocycles. The Morgan fingerprint density at radius 2 is 1.97 bits per heavy atom. The molecule has 1 unspecified atom stereocenters. The fourth-order valence-corrected chi connectivity index (χ4v) is 4.22. The molecule has 0 aliphatic rings. The number of aromatic nitrogens is 9. The molecule has 0 N–H and O–H groups in total. The van der Waals surface area contributed by atoms with E-state index < -0.39 is 18.4 Å². The van der Waals surface area contributed by atoms with Crippen LogP contribution in [-0.4, -0.2) is 53.5 Å². The second kappa shape index (κ2) is 10.6. The summed E-state index contributed by atoms with van der Waals surface area (Å²) in [6.45, 7) is -2.47. The molecule has 0 bridgehead atoms. The summed E-state index contributed by atoms with van der Waals surface area (Å²) in [6.07, 6.45) is 7.15. The van der Waals surface area contributed by atoms with E-state index in [-0.39, 0.29) is 16.1 Å². The molecule has 0 amide bonds. The number of hydrogen-bond donors (Lipinski definition) is 0. The summed E-state index contributed by atoms with van der Waals surface area (Å²) in [5, 5.41) is 32.3. The first-order valence-corrected chi connectivity index (χ1v) is 11.6. The highest BCUT2D eigenvalue weighted by Crippen LogP contribution is 2.33. The van der Waals surface area contributed by atoms with E-state index in [9.17, 15) is 14.0 Å². The summed E-state index contributed by atoms with van der Waals surface area (Å²) in [7, 11) is 1.53. The summed E-state index contributed by atoms with van der Waals surface area (Å²) in [6, 6.07) is 6.91. The van der Waals surface area contributed by atoms with E-state index in [1.165, 1.54) is 53.5 Å². The van der Waals surface area contributed by atoms with Crippen molar-refractivity contribution >= 4 is 11.6 Å². The van der Waals surface area contributed by atoms with Crippen molar-refractivity contribution in [2.45, 2.75) is 19.0 Å². The Morgan fingerprint density at radius 1 is 1.13 bits per heavy atom. The zero-order valence-electron chi connectivity index (χ0n) is 19.7. The Balaban J connectivity index is 1.53. The van der Waals surface area contributed by atoms with E-state index in [2.05, 4.69) is 25.7 Å². The lowest BCUT2D eigenvalue weighted by molar-refractivity contribution is -0.615. The third-order valence-corrected chi connectivity index (χ3v) is 6.16. The number of tetrazole rings is 1. The van der Waals surface area contributed by atoms with E-state index in [1.54, 1.807) is 24.4 Å². The monoisotopic (exact) mass is 545 g/mol. The van der Waals surface area contributed by atoms with E-state index in [4.69, 9.17) is 16.3 Å². The largest absolute Gasteiger partial charge is 0.618 e. The highest BCUT2D eigenvalue weighted by atomic mass is 35.5. The van der Waals surface area contributed by atoms with Gasteiger partial charge >= 0.3 is 6.55 Å². The number of alkyl halides is 2. The van der Waals surface area contributed by atoms with Crippen molar-refractivity contribution in [3.05, 3.63) is 83.2 Å². The van der Waals surface area contributed by atoms with Crippen LogP contribution < -0.4 is 4.73 Å². The molecule has 5 aromatic rings. The fraction of sp³-hybridized carbons (Fsp3) is 0.217. The zero-order chi connectivity index (χ0) is 26.8. The average Bonchev–Trinajstić information content (AvgIpc) is 3.68. The van der Waals surface area contributed by atoms with E-state index in [0.717, 1.165) is 0 Å². The molecule has 4 aromatic heterocycles. The van der Waals surface area contributed by atoms with E-state index in [1.807, 2.05) is 0 Å². The smallest absolute Gasteiger partial charge is 0.333 e. The molecule has 38 heavy (non-hydrogen) atoms. The number of rotatable bonds is 9. The number of hydrogen-bond acceptors (Lipinski definition) is 7. The normalized spacial score (nSPS) is 12.4. The molecule has 5 rings (SSSR count). The van der Waals surface area contributed by atoms with Gasteiger partial charge in [0.1, 0.15) is 12.4 Å². The van der Waals surface area contributed by atoms with Crippen LogP contribution in [0.15, 0.2) is 61.4 Å². The van der Waals surface area contributed by atoms with Crippen molar-refractivity contribution in [2.24, 2.45) is 0 Å². The van der Waals surface area contributed by atoms with Gasteiger partial charge in [-0.25, -0.2) is 9.07 Å². The Hall–Kier alpha value is -4.30. The number of nitrogens with zero attached hydrogens (tertiary/aromatic N) is 9. The molecule has 0 saturated heterocycles. The van der Waals surface area contributed by atoms with E-state index >= 15 is 4.39 Å². The minimum Gasteiger partial charge on any atom is -0.618 e. The standard InChI is InChI=1S/C23H19ClF3N9O2/c1-38-9-7-18(34-11-15(10-29-34)17-6-8-33(30-17)23(26)27)19-4-2-14(12-36(19)37)21-20(35-13-28-31-32-35)5-3-16(24)22(21)25/h2-6,8,10-13,18,23H,7,9H2,1H3. The number of ether oxygens (including phenoxy) is 1. The van der Waals surface area contributed by atoms with Gasteiger partial charge in [0, 0.05) is 44.2 Å². The van der Waals surface area contributed by atoms with Crippen molar-refractivity contribution in [3.8, 4) is 28.1 Å². The van der Waals surface area contributed by atoms with Crippen LogP contribution in [0.4, 0.5) is 13.2 Å². The highest BCUT2D eigenvalue weighted by molar-refractivity contribution is 6.31. The molecule has 0 aliphatic carbocycles. The van der Waals surface area contributed by atoms with Gasteiger partial charge < -0.3 is 9.94 Å². The molecule has 0 saturated carbocycles. The molecule has 11 nitrogen and oxygen atoms in total. The van der Waals surface area contributed by atoms with Gasteiger partial charge in [-0.3, -0.25) is 4.68 Å². The van der Waals surface area contributed by atoms with Gasteiger partial charge in [-0.15, -0.1) is 5.10 Å². The van der Waals surface area contributed by atoms with Crippen LogP contribution in [0.2, 0.25) is 5.02 Å². The maximum absolute atomic E-state index is 15.2. The fourth-order valence-electron chi connectivity index (χ4n) is 4.06. The Labute approximate surface area is 218 Å². The van der Waals surface area contributed by atoms with Crippen LogP contribution in [0, 0.1) is 11.0 Å². The quantitative estimate of drug-likeness (QED) is 0.204. The SMILES string of the molecule is COCCC(c1ccc(-c2c(-n3cnnn3)ccc(Cl)c2F)c[n+]1[O-])n1cc(-c2ccn(C(F)F)n2)cn1. The van der Waals surface area contributed by atoms with Crippen LogP contribution in [-0.2, 0) is 4.74 Å². The van der Waals surface area contributed by atoms with Gasteiger partial charge in [-0.1, -0.05) is 11.6 Å². The molecule has 0 spiro atoms. The highest BCUT2D eigenvalue weighted by Gasteiger charge is 2.26. The summed E-state index contributed by atoms with van der Waals surface area (Å²) >= 11 is 6.03. The van der Waals surface area contributed by atoms with Crippen LogP contribution in [0.3, 0.4) is 0 Å². The molecular weight excluding hydrogens is 527 g/mol. The molecule has 0 aliphatic heterocycles. The van der Waals surface area contributed by atoms with Crippen molar-refractivity contribution < 1.29 is 22.6 Å². The lowest BCUT2D eigenvalue weighted by Gasteiger charge is -2.18. The first-order valence-electron chi connectivity index (χ1n) is 11.2. The number of pyridine rings is 1. The topological polar surface area (TPSA) is 115 Å². The molecule has 15 heteroatoms. The van der Waals surface area contributed by atoms with Crippen LogP contribution >= 0.6 is 11.6 Å². The third-order valence-electron chi connectivity index (χ3n) is 5.86. The Bertz CT molecular complexity index is 1560. The summed E-state index contributed by atoms with van der Waals surface area (Å²) in [5.41, 5.74) is 1.68. The van der Waals surface area contributed by atoms with Crippen LogP contribution in [0.25, 0.3) is 28.1 Å². The molecule has 0 fully saturated rings. The first kappa shape index (κ1) is 25.4. The lowest BCUT2D eigenvalue weighted by Crippen LogP contribution is -2.36. The van der Waals surface area contributed by atoms with Gasteiger partial charge in [-0.2, -0.15) is 28.4 Å². The van der Waals surface area contributed by atoms with E-state index in [0.29, 0.717) is 45.1 Å². The van der Waals surface area contributed by atoms with Crippen molar-refractivity contribution in [2.75, 3.05) is 13.7 Å². The van der Waals surface area contributed by atoms with Crippen molar-refractivity contribution in [1.82, 2.24) is 39.8 Å². The molecule has 1 atom stereocenters. The summed E-state index contributed by atoms with van der Waals surface area (Å²) in [5.74, 6) is -0.733. The number of methoxy groups -OCH3 is 1. The van der Waals surface area contributed by atoms with Gasteiger partial charge in [0.2, 0.25) is 5.69 Å². The average molecular weight is 546 g/mol. The van der Waals surface area contributed by atoms with Crippen molar-refractivity contribution in [3.63, 3.8) is 0 Å². The van der Waals surface area contributed by atoms with Crippen LogP contribution in [0.1, 0.15) is 24.7 Å². The minimum atomic E-state index is -2.77. The second-order valence-corrected chi connectivity index (χ2v) is 8.55. The molecule has 4 heterocycles. The third kappa shape index (κ3) is 4.82. The minimum absolute atomic E-state index is 0.0467. The van der Waals surface area contributed by atoms with Gasteiger partial charge in [0.05, 0.1) is 33.7 Å². The molecule has 196 valence electrons. The lowest BCUT2D eigenvalue weighted by atomic mass is 10.0. The maximum Gasteiger partial charge on any atom is 0.333 e. The zero-order valence-corrected chi connectivity index (χ0v) is 20.5. The Kier molecular flexibility index (Phi) is 7.07. The van der Waals surface area contributed by atoms with Crippen LogP contribution in [0.5, 0.6) is 0 Å². The van der Waals surface area contributed by atoms with Gasteiger partial charge in [0.25, 0.3) is 0 Å². The molecule has 0 radical (unpaired) electrons. The predicted molar refractivity (Wildman–Crippen MR) is 128 cm³/mol. The summed E-state index contributed by atoms with van der Waals surface area (Å²) < 4.78 is 50.2.